The van der Waals surface area contributed by atoms with Crippen molar-refractivity contribution in [1.29, 1.82) is 0 Å². The molecule has 3 rings (SSSR count). The van der Waals surface area contributed by atoms with E-state index in [1.54, 1.807) is 23.6 Å². The number of ether oxygens (including phenoxy) is 1. The lowest BCUT2D eigenvalue weighted by atomic mass is 10.1. The Hall–Kier alpha value is -2.33. The summed E-state index contributed by atoms with van der Waals surface area (Å²) < 4.78 is 6.76. The molecule has 0 radical (unpaired) electrons. The maximum atomic E-state index is 11.4. The normalized spacial score (nSPS) is 10.7. The van der Waals surface area contributed by atoms with Crippen LogP contribution in [-0.4, -0.2) is 22.8 Å². The highest BCUT2D eigenvalue weighted by atomic mass is 35.5. The first kappa shape index (κ1) is 12.7. The van der Waals surface area contributed by atoms with Gasteiger partial charge in [0.2, 0.25) is 0 Å². The fourth-order valence-corrected chi connectivity index (χ4v) is 2.40. The largest absolute Gasteiger partial charge is 0.497 e. The molecular weight excluding hydrogens is 276 g/mol. The van der Waals surface area contributed by atoms with Crippen LogP contribution in [0.5, 0.6) is 5.75 Å². The third-order valence-electron chi connectivity index (χ3n) is 3.11. The monoisotopic (exact) mass is 286 g/mol. The van der Waals surface area contributed by atoms with Gasteiger partial charge in [0.1, 0.15) is 27.9 Å². The number of nitrogens with zero attached hydrogens (tertiary/aromatic N) is 2. The van der Waals surface area contributed by atoms with E-state index in [1.807, 2.05) is 30.3 Å². The summed E-state index contributed by atoms with van der Waals surface area (Å²) in [6.45, 7) is 0. The van der Waals surface area contributed by atoms with Gasteiger partial charge in [-0.15, -0.1) is 0 Å². The average Bonchev–Trinajstić information content (AvgIpc) is 2.87. The van der Waals surface area contributed by atoms with Gasteiger partial charge in [0, 0.05) is 5.56 Å². The van der Waals surface area contributed by atoms with E-state index in [0.717, 1.165) is 17.6 Å². The molecule has 5 heteroatoms. The van der Waals surface area contributed by atoms with E-state index in [-0.39, 0.29) is 0 Å². The molecule has 0 aliphatic carbocycles. The molecule has 0 aliphatic rings. The topological polar surface area (TPSA) is 43.6 Å². The van der Waals surface area contributed by atoms with E-state index in [0.29, 0.717) is 22.2 Å². The van der Waals surface area contributed by atoms with Gasteiger partial charge in [0.15, 0.2) is 6.29 Å². The first-order chi connectivity index (χ1) is 9.74. The summed E-state index contributed by atoms with van der Waals surface area (Å²) in [5.74, 6) is 0.753. The van der Waals surface area contributed by atoms with Gasteiger partial charge < -0.3 is 4.74 Å². The molecule has 0 atom stereocenters. The Morgan fingerprint density at radius 3 is 2.60 bits per heavy atom. The van der Waals surface area contributed by atoms with Crippen LogP contribution in [0.15, 0.2) is 42.5 Å². The summed E-state index contributed by atoms with van der Waals surface area (Å²) in [5.41, 5.74) is 2.53. The second-order valence-corrected chi connectivity index (χ2v) is 4.62. The minimum atomic E-state index is 0.441. The molecule has 0 fully saturated rings. The molecule has 0 saturated heterocycles. The number of rotatable bonds is 3. The van der Waals surface area contributed by atoms with Crippen molar-refractivity contribution in [3.05, 3.63) is 53.3 Å². The van der Waals surface area contributed by atoms with Crippen molar-refractivity contribution in [3.8, 4) is 17.0 Å². The van der Waals surface area contributed by atoms with Gasteiger partial charge in [-0.05, 0) is 36.4 Å². The lowest BCUT2D eigenvalue weighted by molar-refractivity contribution is 0.111. The number of imidazole rings is 1. The zero-order chi connectivity index (χ0) is 14.1. The fourth-order valence-electron chi connectivity index (χ4n) is 2.15. The molecule has 0 unspecified atom stereocenters. The lowest BCUT2D eigenvalue weighted by Crippen LogP contribution is -1.93. The molecule has 0 bridgehead atoms. The smallest absolute Gasteiger partial charge is 0.169 e. The number of benzene rings is 1. The molecule has 0 spiro atoms. The number of carbonyl (C=O) groups is 1. The first-order valence-corrected chi connectivity index (χ1v) is 6.39. The Morgan fingerprint density at radius 1 is 1.20 bits per heavy atom. The van der Waals surface area contributed by atoms with Crippen LogP contribution in [-0.2, 0) is 0 Å². The number of carbonyl (C=O) groups excluding carboxylic acids is 1. The third kappa shape index (κ3) is 1.94. The van der Waals surface area contributed by atoms with Crippen molar-refractivity contribution in [2.75, 3.05) is 7.11 Å². The Morgan fingerprint density at radius 2 is 1.95 bits per heavy atom. The highest BCUT2D eigenvalue weighted by molar-refractivity contribution is 6.30. The maximum absolute atomic E-state index is 11.4. The molecule has 3 aromatic rings. The minimum Gasteiger partial charge on any atom is -0.497 e. The molecule has 0 aliphatic heterocycles. The second-order valence-electron chi connectivity index (χ2n) is 4.23. The van der Waals surface area contributed by atoms with Crippen molar-refractivity contribution >= 4 is 23.5 Å². The van der Waals surface area contributed by atoms with Gasteiger partial charge in [0.25, 0.3) is 0 Å². The van der Waals surface area contributed by atoms with Gasteiger partial charge in [0.05, 0.1) is 7.11 Å². The van der Waals surface area contributed by atoms with Crippen LogP contribution < -0.4 is 4.74 Å². The van der Waals surface area contributed by atoms with Crippen molar-refractivity contribution in [2.24, 2.45) is 0 Å². The molecule has 1 aromatic carbocycles. The molecule has 0 amide bonds. The molecule has 100 valence electrons. The number of hydrogen-bond acceptors (Lipinski definition) is 3. The molecule has 20 heavy (non-hydrogen) atoms. The van der Waals surface area contributed by atoms with Gasteiger partial charge in [-0.2, -0.15) is 0 Å². The van der Waals surface area contributed by atoms with E-state index in [4.69, 9.17) is 16.3 Å². The van der Waals surface area contributed by atoms with Crippen molar-refractivity contribution < 1.29 is 9.53 Å². The Bertz CT molecular complexity index is 778. The Kier molecular flexibility index (Phi) is 3.16. The lowest BCUT2D eigenvalue weighted by Gasteiger charge is -2.02. The van der Waals surface area contributed by atoms with E-state index < -0.39 is 0 Å². The van der Waals surface area contributed by atoms with Crippen LogP contribution in [0.3, 0.4) is 0 Å². The van der Waals surface area contributed by atoms with Crippen molar-refractivity contribution in [1.82, 2.24) is 9.38 Å². The standard InChI is InChI=1S/C15H11ClN2O2/c1-20-11-7-5-10(6-8-11)15-12(9-19)18-13(16)3-2-4-14(18)17-15/h2-9H,1H3. The van der Waals surface area contributed by atoms with Crippen LogP contribution in [0.4, 0.5) is 0 Å². The number of methoxy groups -OCH3 is 1. The predicted octanol–water partition coefficient (Wildman–Crippen LogP) is 3.48. The first-order valence-electron chi connectivity index (χ1n) is 6.01. The van der Waals surface area contributed by atoms with Gasteiger partial charge in [-0.25, -0.2) is 4.98 Å². The zero-order valence-electron chi connectivity index (χ0n) is 10.7. The molecule has 2 aromatic heterocycles. The third-order valence-corrected chi connectivity index (χ3v) is 3.40. The van der Waals surface area contributed by atoms with Crippen molar-refractivity contribution in [2.45, 2.75) is 0 Å². The highest BCUT2D eigenvalue weighted by Gasteiger charge is 2.15. The van der Waals surface area contributed by atoms with Crippen molar-refractivity contribution in [3.63, 3.8) is 0 Å². The summed E-state index contributed by atoms with van der Waals surface area (Å²) in [6, 6.07) is 12.7. The zero-order valence-corrected chi connectivity index (χ0v) is 11.5. The van der Waals surface area contributed by atoms with E-state index >= 15 is 0 Å². The maximum Gasteiger partial charge on any atom is 0.169 e. The molecule has 0 saturated carbocycles. The van der Waals surface area contributed by atoms with Crippen LogP contribution in [0.25, 0.3) is 16.9 Å². The SMILES string of the molecule is COc1ccc(-c2nc3cccc(Cl)n3c2C=O)cc1. The summed E-state index contributed by atoms with van der Waals surface area (Å²) in [5, 5.41) is 0.455. The van der Waals surface area contributed by atoms with Crippen LogP contribution in [0.2, 0.25) is 5.15 Å². The molecule has 2 heterocycles. The number of hydrogen-bond donors (Lipinski definition) is 0. The van der Waals surface area contributed by atoms with E-state index in [1.165, 1.54) is 0 Å². The summed E-state index contributed by atoms with van der Waals surface area (Å²) in [6.07, 6.45) is 0.769. The fraction of sp³-hybridized carbons (Fsp3) is 0.0667. The Balaban J connectivity index is 2.24. The molecule has 0 N–H and O–H groups in total. The second kappa shape index (κ2) is 4.98. The van der Waals surface area contributed by atoms with Gasteiger partial charge in [-0.3, -0.25) is 9.20 Å². The van der Waals surface area contributed by atoms with Crippen LogP contribution in [0.1, 0.15) is 10.5 Å². The highest BCUT2D eigenvalue weighted by Crippen LogP contribution is 2.27. The number of pyridine rings is 1. The number of fused-ring (bicyclic) bond motifs is 1. The van der Waals surface area contributed by atoms with E-state index in [9.17, 15) is 4.79 Å². The predicted molar refractivity (Wildman–Crippen MR) is 77.6 cm³/mol. The van der Waals surface area contributed by atoms with Crippen LogP contribution >= 0.6 is 11.6 Å². The summed E-state index contributed by atoms with van der Waals surface area (Å²) in [7, 11) is 1.61. The summed E-state index contributed by atoms with van der Waals surface area (Å²) in [4.78, 5) is 15.9. The Labute approximate surface area is 120 Å². The van der Waals surface area contributed by atoms with Gasteiger partial charge in [-0.1, -0.05) is 17.7 Å². The molecule has 4 nitrogen and oxygen atoms in total. The molecular formula is C15H11ClN2O2. The quantitative estimate of drug-likeness (QED) is 0.547. The van der Waals surface area contributed by atoms with Gasteiger partial charge >= 0.3 is 0 Å². The van der Waals surface area contributed by atoms with Crippen LogP contribution in [0, 0.1) is 0 Å². The average molecular weight is 287 g/mol. The minimum absolute atomic E-state index is 0.441. The number of aromatic nitrogens is 2. The number of aldehydes is 1. The number of halogens is 1. The summed E-state index contributed by atoms with van der Waals surface area (Å²) >= 11 is 6.13. The van der Waals surface area contributed by atoms with E-state index in [2.05, 4.69) is 4.98 Å².